The largest absolute Gasteiger partial charge is 0.460 e. The number of hydrogen-bond donors (Lipinski definition) is 1. The number of ether oxygens (including phenoxy) is 1. The Morgan fingerprint density at radius 1 is 1.10 bits per heavy atom. The molecule has 0 aromatic carbocycles. The molecule has 0 spiro atoms. The van der Waals surface area contributed by atoms with Gasteiger partial charge in [-0.2, -0.15) is 35.7 Å². The minimum absolute atomic E-state index is 0.373. The van der Waals surface area contributed by atoms with Crippen LogP contribution in [0, 0.1) is 5.82 Å². The number of aromatic nitrogens is 2. The van der Waals surface area contributed by atoms with Gasteiger partial charge < -0.3 is 10.5 Å². The number of nitrogens with zero attached hydrogens (tertiary/aromatic N) is 2. The summed E-state index contributed by atoms with van der Waals surface area (Å²) in [6, 6.07) is -1.07. The molecule has 0 aliphatic heterocycles. The molecular formula is C8H5F8N3O. The first-order chi connectivity index (χ1) is 8.88. The number of anilines is 1. The lowest BCUT2D eigenvalue weighted by Crippen LogP contribution is -2.54. The van der Waals surface area contributed by atoms with Gasteiger partial charge >= 0.3 is 24.0 Å². The molecule has 0 aliphatic rings. The van der Waals surface area contributed by atoms with Crippen LogP contribution in [-0.4, -0.2) is 34.6 Å². The minimum Gasteiger partial charge on any atom is -0.457 e. The van der Waals surface area contributed by atoms with E-state index in [1.165, 1.54) is 0 Å². The molecule has 1 heterocycles. The zero-order valence-electron chi connectivity index (χ0n) is 9.19. The van der Waals surface area contributed by atoms with E-state index in [0.717, 1.165) is 0 Å². The van der Waals surface area contributed by atoms with Gasteiger partial charge in [0.15, 0.2) is 18.2 Å². The second-order valence-electron chi connectivity index (χ2n) is 3.45. The van der Waals surface area contributed by atoms with Crippen LogP contribution in [0.25, 0.3) is 0 Å². The summed E-state index contributed by atoms with van der Waals surface area (Å²) < 4.78 is 102. The maximum Gasteiger partial charge on any atom is 0.460 e. The average molecular weight is 311 g/mol. The van der Waals surface area contributed by atoms with Crippen molar-refractivity contribution < 1.29 is 39.9 Å². The Bertz CT molecular complexity index is 489. The molecule has 0 bridgehead atoms. The molecule has 0 saturated carbocycles. The summed E-state index contributed by atoms with van der Waals surface area (Å²) in [4.78, 5) is 5.87. The van der Waals surface area contributed by atoms with Crippen molar-refractivity contribution in [2.24, 2.45) is 0 Å². The van der Waals surface area contributed by atoms with Gasteiger partial charge in [0.1, 0.15) is 0 Å². The lowest BCUT2D eigenvalue weighted by molar-refractivity contribution is -0.358. The van der Waals surface area contributed by atoms with Gasteiger partial charge in [-0.1, -0.05) is 0 Å². The van der Waals surface area contributed by atoms with Crippen LogP contribution >= 0.6 is 0 Å². The van der Waals surface area contributed by atoms with Gasteiger partial charge in [0.05, 0.1) is 6.20 Å². The Hall–Kier alpha value is -1.88. The molecule has 4 nitrogen and oxygen atoms in total. The van der Waals surface area contributed by atoms with Crippen molar-refractivity contribution in [3.63, 3.8) is 0 Å². The molecule has 2 N–H and O–H groups in total. The van der Waals surface area contributed by atoms with Crippen molar-refractivity contribution in [1.82, 2.24) is 9.97 Å². The number of hydrogen-bond acceptors (Lipinski definition) is 4. The van der Waals surface area contributed by atoms with Crippen LogP contribution in [0.4, 0.5) is 40.9 Å². The average Bonchev–Trinajstić information content (AvgIpc) is 2.29. The second kappa shape index (κ2) is 4.90. The van der Waals surface area contributed by atoms with Crippen LogP contribution in [0.15, 0.2) is 6.20 Å². The summed E-state index contributed by atoms with van der Waals surface area (Å²) in [5.74, 6) is -13.9. The molecule has 0 atom stereocenters. The van der Waals surface area contributed by atoms with E-state index in [1.807, 2.05) is 0 Å². The highest BCUT2D eigenvalue weighted by Gasteiger charge is 2.73. The SMILES string of the molecule is Nc1nc(OCC(F)(F)C(F)(F)C(F)(F)F)ncc1F. The molecule has 12 heteroatoms. The van der Waals surface area contributed by atoms with E-state index < -0.39 is 42.3 Å². The maximum absolute atomic E-state index is 12.8. The zero-order valence-corrected chi connectivity index (χ0v) is 9.19. The van der Waals surface area contributed by atoms with Crippen LogP contribution in [0.5, 0.6) is 6.01 Å². The van der Waals surface area contributed by atoms with Gasteiger partial charge in [-0.25, -0.2) is 9.37 Å². The van der Waals surface area contributed by atoms with Gasteiger partial charge in [0, 0.05) is 0 Å². The fourth-order valence-electron chi connectivity index (χ4n) is 0.886. The Morgan fingerprint density at radius 2 is 1.65 bits per heavy atom. The van der Waals surface area contributed by atoms with Crippen LogP contribution in [0.3, 0.4) is 0 Å². The number of rotatable bonds is 4. The summed E-state index contributed by atoms with van der Waals surface area (Å²) in [5, 5.41) is 0. The standard InChI is InChI=1S/C8H5F8N3O/c9-3-1-18-5(19-4(3)17)20-2-6(10,11)7(12,13)8(14,15)16/h1H,2H2,(H2,17,18,19). The monoisotopic (exact) mass is 311 g/mol. The summed E-state index contributed by atoms with van der Waals surface area (Å²) in [6.45, 7) is -2.37. The highest BCUT2D eigenvalue weighted by molar-refractivity contribution is 5.29. The summed E-state index contributed by atoms with van der Waals surface area (Å²) in [7, 11) is 0. The molecule has 0 radical (unpaired) electrons. The Morgan fingerprint density at radius 3 is 2.10 bits per heavy atom. The lowest BCUT2D eigenvalue weighted by atomic mass is 10.2. The van der Waals surface area contributed by atoms with Crippen LogP contribution in [0.1, 0.15) is 0 Å². The van der Waals surface area contributed by atoms with Crippen LogP contribution in [-0.2, 0) is 0 Å². The van der Waals surface area contributed by atoms with Crippen molar-refractivity contribution in [2.45, 2.75) is 18.0 Å². The first-order valence-electron chi connectivity index (χ1n) is 4.61. The quantitative estimate of drug-likeness (QED) is 0.868. The summed E-state index contributed by atoms with van der Waals surface area (Å²) in [6.07, 6.45) is -6.10. The minimum atomic E-state index is -6.47. The van der Waals surface area contributed by atoms with E-state index in [2.05, 4.69) is 14.7 Å². The van der Waals surface area contributed by atoms with Crippen molar-refractivity contribution in [3.05, 3.63) is 12.0 Å². The third kappa shape index (κ3) is 2.99. The van der Waals surface area contributed by atoms with Gasteiger partial charge in [-0.3, -0.25) is 0 Å². The number of nitrogens with two attached hydrogens (primary N) is 1. The van der Waals surface area contributed by atoms with E-state index >= 15 is 0 Å². The molecule has 0 aliphatic carbocycles. The first-order valence-corrected chi connectivity index (χ1v) is 4.61. The highest BCUT2D eigenvalue weighted by Crippen LogP contribution is 2.46. The van der Waals surface area contributed by atoms with Crippen LogP contribution in [0.2, 0.25) is 0 Å². The Kier molecular flexibility index (Phi) is 3.97. The predicted octanol–water partition coefficient (Wildman–Crippen LogP) is 2.41. The topological polar surface area (TPSA) is 61.0 Å². The first kappa shape index (κ1) is 16.2. The molecule has 1 aromatic rings. The molecule has 1 rings (SSSR count). The van der Waals surface area contributed by atoms with Crippen molar-refractivity contribution in [2.75, 3.05) is 12.3 Å². The van der Waals surface area contributed by atoms with Gasteiger partial charge in [-0.05, 0) is 0 Å². The highest BCUT2D eigenvalue weighted by atomic mass is 19.4. The smallest absolute Gasteiger partial charge is 0.457 e. The molecule has 0 fully saturated rings. The zero-order chi connectivity index (χ0) is 15.8. The van der Waals surface area contributed by atoms with E-state index in [1.54, 1.807) is 0 Å². The third-order valence-electron chi connectivity index (χ3n) is 1.95. The van der Waals surface area contributed by atoms with E-state index in [-0.39, 0.29) is 0 Å². The van der Waals surface area contributed by atoms with E-state index in [9.17, 15) is 35.1 Å². The van der Waals surface area contributed by atoms with Crippen molar-refractivity contribution in [1.29, 1.82) is 0 Å². The van der Waals surface area contributed by atoms with Crippen LogP contribution < -0.4 is 10.5 Å². The van der Waals surface area contributed by atoms with Crippen molar-refractivity contribution >= 4 is 5.82 Å². The number of halogens is 8. The van der Waals surface area contributed by atoms with E-state index in [0.29, 0.717) is 6.20 Å². The van der Waals surface area contributed by atoms with E-state index in [4.69, 9.17) is 5.73 Å². The fraction of sp³-hybridized carbons (Fsp3) is 0.500. The Labute approximate surface area is 105 Å². The summed E-state index contributed by atoms with van der Waals surface area (Å²) in [5.41, 5.74) is 4.89. The maximum atomic E-state index is 12.8. The molecule has 20 heavy (non-hydrogen) atoms. The van der Waals surface area contributed by atoms with Gasteiger partial charge in [0.25, 0.3) is 0 Å². The molecule has 114 valence electrons. The molecule has 0 unspecified atom stereocenters. The molecule has 1 aromatic heterocycles. The number of alkyl halides is 7. The molecule has 0 saturated heterocycles. The van der Waals surface area contributed by atoms with Gasteiger partial charge in [0.2, 0.25) is 0 Å². The second-order valence-corrected chi connectivity index (χ2v) is 3.45. The Balaban J connectivity index is 2.84. The lowest BCUT2D eigenvalue weighted by Gasteiger charge is -2.27. The van der Waals surface area contributed by atoms with Gasteiger partial charge in [-0.15, -0.1) is 0 Å². The molecule has 0 amide bonds. The van der Waals surface area contributed by atoms with Crippen molar-refractivity contribution in [3.8, 4) is 6.01 Å². The fourth-order valence-corrected chi connectivity index (χ4v) is 0.886. The summed E-state index contributed by atoms with van der Waals surface area (Å²) >= 11 is 0. The predicted molar refractivity (Wildman–Crippen MR) is 47.8 cm³/mol. The molecular weight excluding hydrogens is 306 g/mol. The number of nitrogen functional groups attached to an aromatic ring is 1. The third-order valence-corrected chi connectivity index (χ3v) is 1.95. The normalized spacial score (nSPS) is 13.4.